The van der Waals surface area contributed by atoms with Gasteiger partial charge < -0.3 is 10.4 Å². The molecule has 0 spiro atoms. The van der Waals surface area contributed by atoms with Crippen molar-refractivity contribution in [2.24, 2.45) is 0 Å². The molecule has 1 aromatic heterocycles. The second kappa shape index (κ2) is 4.87. The molecule has 4 nitrogen and oxygen atoms in total. The van der Waals surface area contributed by atoms with Gasteiger partial charge in [-0.05, 0) is 6.07 Å². The lowest BCUT2D eigenvalue weighted by Gasteiger charge is -2.03. The summed E-state index contributed by atoms with van der Waals surface area (Å²) in [6.45, 7) is 0.400. The number of nitrogens with zero attached hydrogens (tertiary/aromatic N) is 1. The lowest BCUT2D eigenvalue weighted by atomic mass is 10.2. The van der Waals surface area contributed by atoms with Crippen LogP contribution in [0.15, 0.2) is 18.5 Å². The second-order valence-electron chi connectivity index (χ2n) is 2.60. The Balaban J connectivity index is 2.62. The molecule has 0 bridgehead atoms. The van der Waals surface area contributed by atoms with Crippen LogP contribution in [0.25, 0.3) is 0 Å². The number of aromatic nitrogens is 1. The highest BCUT2D eigenvalue weighted by molar-refractivity contribution is 5.96. The Labute approximate surface area is 82.0 Å². The molecule has 1 heterocycles. The summed E-state index contributed by atoms with van der Waals surface area (Å²) in [5.41, 5.74) is 0.206. The van der Waals surface area contributed by atoms with Crippen molar-refractivity contribution >= 4 is 5.91 Å². The molecule has 0 saturated heterocycles. The fourth-order valence-electron chi connectivity index (χ4n) is 0.922. The molecule has 0 aliphatic carbocycles. The van der Waals surface area contributed by atoms with Gasteiger partial charge in [-0.15, -0.1) is 12.3 Å². The molecule has 0 fully saturated rings. The van der Waals surface area contributed by atoms with Crippen molar-refractivity contribution < 1.29 is 9.90 Å². The lowest BCUT2D eigenvalue weighted by Crippen LogP contribution is -2.24. The normalized spacial score (nSPS) is 9.07. The van der Waals surface area contributed by atoms with E-state index in [4.69, 9.17) is 6.42 Å². The summed E-state index contributed by atoms with van der Waals surface area (Å²) in [6, 6.07) is 1.44. The van der Waals surface area contributed by atoms with Crippen LogP contribution in [0.5, 0.6) is 5.75 Å². The van der Waals surface area contributed by atoms with Gasteiger partial charge in [-0.3, -0.25) is 9.78 Å². The Morgan fingerprint density at radius 2 is 2.50 bits per heavy atom. The zero-order valence-electron chi connectivity index (χ0n) is 7.53. The molecular weight excluding hydrogens is 180 g/mol. The van der Waals surface area contributed by atoms with Crippen molar-refractivity contribution in [2.75, 3.05) is 6.54 Å². The van der Waals surface area contributed by atoms with Gasteiger partial charge in [0.1, 0.15) is 5.75 Å². The highest BCUT2D eigenvalue weighted by atomic mass is 16.3. The van der Waals surface area contributed by atoms with Crippen LogP contribution in [0.2, 0.25) is 0 Å². The summed E-state index contributed by atoms with van der Waals surface area (Å²) in [5, 5.41) is 11.8. The van der Waals surface area contributed by atoms with E-state index in [1.54, 1.807) is 0 Å². The van der Waals surface area contributed by atoms with E-state index >= 15 is 0 Å². The molecule has 2 N–H and O–H groups in total. The molecule has 1 aromatic rings. The number of hydrogen-bond donors (Lipinski definition) is 2. The van der Waals surface area contributed by atoms with Gasteiger partial charge in [0, 0.05) is 19.2 Å². The number of hydrogen-bond acceptors (Lipinski definition) is 3. The maximum atomic E-state index is 11.4. The van der Waals surface area contributed by atoms with Crippen LogP contribution in [-0.4, -0.2) is 22.5 Å². The van der Waals surface area contributed by atoms with E-state index in [2.05, 4.69) is 16.2 Å². The predicted molar refractivity (Wildman–Crippen MR) is 51.7 cm³/mol. The van der Waals surface area contributed by atoms with Crippen molar-refractivity contribution in [3.05, 3.63) is 24.0 Å². The van der Waals surface area contributed by atoms with Crippen LogP contribution in [0.3, 0.4) is 0 Å². The van der Waals surface area contributed by atoms with E-state index < -0.39 is 0 Å². The fourth-order valence-corrected chi connectivity index (χ4v) is 0.922. The predicted octanol–water partition coefficient (Wildman–Crippen LogP) is 0.540. The standard InChI is InChI=1S/C10H10N2O2/c1-2-3-5-12-10(14)8-4-6-11-7-9(8)13/h1,4,6-7,13H,3,5H2,(H,12,14). The third-order valence-corrected chi connectivity index (χ3v) is 1.60. The van der Waals surface area contributed by atoms with Gasteiger partial charge >= 0.3 is 0 Å². The van der Waals surface area contributed by atoms with Gasteiger partial charge in [0.05, 0.1) is 11.8 Å². The smallest absolute Gasteiger partial charge is 0.255 e. The molecule has 14 heavy (non-hydrogen) atoms. The minimum absolute atomic E-state index is 0.134. The largest absolute Gasteiger partial charge is 0.505 e. The van der Waals surface area contributed by atoms with E-state index in [-0.39, 0.29) is 17.2 Å². The van der Waals surface area contributed by atoms with E-state index in [9.17, 15) is 9.90 Å². The molecule has 72 valence electrons. The molecule has 0 saturated carbocycles. The van der Waals surface area contributed by atoms with Crippen molar-refractivity contribution in [3.63, 3.8) is 0 Å². The van der Waals surface area contributed by atoms with Gasteiger partial charge in [0.15, 0.2) is 0 Å². The van der Waals surface area contributed by atoms with Gasteiger partial charge in [-0.1, -0.05) is 0 Å². The number of amides is 1. The van der Waals surface area contributed by atoms with Crippen LogP contribution >= 0.6 is 0 Å². The number of carbonyl (C=O) groups excluding carboxylic acids is 1. The zero-order chi connectivity index (χ0) is 10.4. The number of rotatable bonds is 3. The number of nitrogens with one attached hydrogen (secondary N) is 1. The van der Waals surface area contributed by atoms with Crippen molar-refractivity contribution in [1.82, 2.24) is 10.3 Å². The molecule has 0 unspecified atom stereocenters. The number of aromatic hydroxyl groups is 1. The van der Waals surface area contributed by atoms with Crippen molar-refractivity contribution in [3.8, 4) is 18.1 Å². The summed E-state index contributed by atoms with van der Waals surface area (Å²) < 4.78 is 0. The third-order valence-electron chi connectivity index (χ3n) is 1.60. The molecule has 0 aliphatic rings. The average molecular weight is 190 g/mol. The van der Waals surface area contributed by atoms with E-state index in [0.717, 1.165) is 0 Å². The highest BCUT2D eigenvalue weighted by Gasteiger charge is 2.08. The van der Waals surface area contributed by atoms with Crippen LogP contribution in [0.1, 0.15) is 16.8 Å². The van der Waals surface area contributed by atoms with Gasteiger partial charge in [0.25, 0.3) is 5.91 Å². The van der Waals surface area contributed by atoms with Crippen LogP contribution in [0.4, 0.5) is 0 Å². The molecule has 1 rings (SSSR count). The van der Waals surface area contributed by atoms with Crippen LogP contribution in [0, 0.1) is 12.3 Å². The zero-order valence-corrected chi connectivity index (χ0v) is 7.53. The summed E-state index contributed by atoms with van der Waals surface area (Å²) >= 11 is 0. The summed E-state index contributed by atoms with van der Waals surface area (Å²) in [7, 11) is 0. The molecule has 0 aromatic carbocycles. The Morgan fingerprint density at radius 3 is 3.14 bits per heavy atom. The topological polar surface area (TPSA) is 62.2 Å². The average Bonchev–Trinajstić information content (AvgIpc) is 2.18. The molecule has 4 heteroatoms. The Bertz CT molecular complexity index is 369. The van der Waals surface area contributed by atoms with Gasteiger partial charge in [0.2, 0.25) is 0 Å². The quantitative estimate of drug-likeness (QED) is 0.540. The third kappa shape index (κ3) is 2.49. The molecule has 0 radical (unpaired) electrons. The van der Waals surface area contributed by atoms with Crippen molar-refractivity contribution in [2.45, 2.75) is 6.42 Å². The van der Waals surface area contributed by atoms with Crippen LogP contribution < -0.4 is 5.32 Å². The molecule has 0 aliphatic heterocycles. The van der Waals surface area contributed by atoms with E-state index in [0.29, 0.717) is 13.0 Å². The second-order valence-corrected chi connectivity index (χ2v) is 2.60. The first kappa shape index (κ1) is 10.1. The Hall–Kier alpha value is -2.02. The lowest BCUT2D eigenvalue weighted by molar-refractivity contribution is 0.0952. The highest BCUT2D eigenvalue weighted by Crippen LogP contribution is 2.12. The first-order chi connectivity index (χ1) is 6.75. The first-order valence-corrected chi connectivity index (χ1v) is 4.10. The maximum Gasteiger partial charge on any atom is 0.255 e. The van der Waals surface area contributed by atoms with E-state index in [1.165, 1.54) is 18.5 Å². The fraction of sp³-hybridized carbons (Fsp3) is 0.200. The number of terminal acetylenes is 1. The molecular formula is C10H10N2O2. The first-order valence-electron chi connectivity index (χ1n) is 4.10. The van der Waals surface area contributed by atoms with E-state index in [1.807, 2.05) is 0 Å². The molecule has 1 amide bonds. The number of carbonyl (C=O) groups is 1. The van der Waals surface area contributed by atoms with Gasteiger partial charge in [-0.25, -0.2) is 0 Å². The van der Waals surface area contributed by atoms with Gasteiger partial charge in [-0.2, -0.15) is 0 Å². The number of pyridine rings is 1. The Morgan fingerprint density at radius 1 is 1.71 bits per heavy atom. The minimum Gasteiger partial charge on any atom is -0.505 e. The summed E-state index contributed by atoms with van der Waals surface area (Å²) in [6.07, 6.45) is 8.15. The Kier molecular flexibility index (Phi) is 3.50. The monoisotopic (exact) mass is 190 g/mol. The van der Waals surface area contributed by atoms with Crippen molar-refractivity contribution in [1.29, 1.82) is 0 Å². The molecule has 0 atom stereocenters. The summed E-state index contributed by atoms with van der Waals surface area (Å²) in [5.74, 6) is 1.92. The maximum absolute atomic E-state index is 11.4. The summed E-state index contributed by atoms with van der Waals surface area (Å²) in [4.78, 5) is 15.0. The SMILES string of the molecule is C#CCCNC(=O)c1ccncc1O. The van der Waals surface area contributed by atoms with Crippen LogP contribution in [-0.2, 0) is 0 Å². The minimum atomic E-state index is -0.347.